The van der Waals surface area contributed by atoms with Crippen molar-refractivity contribution in [1.29, 1.82) is 0 Å². The second-order valence-electron chi connectivity index (χ2n) is 4.03. The SMILES string of the molecule is CCS(=O)(=O)c1cc(Cl)c(-c2ccccc2)c(Cl)c1. The zero-order valence-electron chi connectivity index (χ0n) is 10.2. The van der Waals surface area contributed by atoms with Crippen LogP contribution in [0.3, 0.4) is 0 Å². The van der Waals surface area contributed by atoms with Gasteiger partial charge in [0.1, 0.15) is 0 Å². The minimum atomic E-state index is -3.31. The number of sulfone groups is 1. The summed E-state index contributed by atoms with van der Waals surface area (Å²) in [6, 6.07) is 12.3. The Morgan fingerprint density at radius 1 is 1.00 bits per heavy atom. The zero-order chi connectivity index (χ0) is 14.0. The largest absolute Gasteiger partial charge is 0.224 e. The maximum absolute atomic E-state index is 11.8. The van der Waals surface area contributed by atoms with Gasteiger partial charge in [-0.3, -0.25) is 0 Å². The Balaban J connectivity index is 2.63. The van der Waals surface area contributed by atoms with Crippen LogP contribution in [0.1, 0.15) is 6.92 Å². The molecular weight excluding hydrogens is 303 g/mol. The lowest BCUT2D eigenvalue weighted by atomic mass is 10.1. The van der Waals surface area contributed by atoms with E-state index in [2.05, 4.69) is 0 Å². The van der Waals surface area contributed by atoms with E-state index < -0.39 is 9.84 Å². The lowest BCUT2D eigenvalue weighted by Crippen LogP contribution is -2.04. The first-order valence-electron chi connectivity index (χ1n) is 5.73. The van der Waals surface area contributed by atoms with E-state index in [9.17, 15) is 8.42 Å². The maximum Gasteiger partial charge on any atom is 0.178 e. The summed E-state index contributed by atoms with van der Waals surface area (Å²) in [4.78, 5) is 0.157. The molecule has 0 amide bonds. The van der Waals surface area contributed by atoms with Crippen molar-refractivity contribution in [2.45, 2.75) is 11.8 Å². The number of halogens is 2. The molecule has 0 saturated carbocycles. The van der Waals surface area contributed by atoms with Gasteiger partial charge in [-0.25, -0.2) is 8.42 Å². The summed E-state index contributed by atoms with van der Waals surface area (Å²) < 4.78 is 23.7. The third-order valence-corrected chi connectivity index (χ3v) is 5.13. The van der Waals surface area contributed by atoms with Crippen LogP contribution in [0.4, 0.5) is 0 Å². The molecule has 19 heavy (non-hydrogen) atoms. The molecule has 0 spiro atoms. The molecule has 0 unspecified atom stereocenters. The van der Waals surface area contributed by atoms with E-state index in [0.29, 0.717) is 15.6 Å². The smallest absolute Gasteiger partial charge is 0.178 e. The fourth-order valence-corrected chi connectivity index (χ4v) is 3.54. The lowest BCUT2D eigenvalue weighted by molar-refractivity contribution is 0.597. The van der Waals surface area contributed by atoms with Gasteiger partial charge in [0, 0.05) is 5.56 Å². The Morgan fingerprint density at radius 2 is 1.53 bits per heavy atom. The van der Waals surface area contributed by atoms with Gasteiger partial charge in [0.05, 0.1) is 20.7 Å². The van der Waals surface area contributed by atoms with Gasteiger partial charge in [-0.05, 0) is 17.7 Å². The summed E-state index contributed by atoms with van der Waals surface area (Å²) in [6.07, 6.45) is 0. The molecule has 0 aliphatic carbocycles. The molecule has 2 rings (SSSR count). The maximum atomic E-state index is 11.8. The molecule has 2 aromatic rings. The summed E-state index contributed by atoms with van der Waals surface area (Å²) in [6.45, 7) is 1.59. The van der Waals surface area contributed by atoms with Gasteiger partial charge in [-0.2, -0.15) is 0 Å². The average Bonchev–Trinajstić information content (AvgIpc) is 2.39. The average molecular weight is 315 g/mol. The number of hydrogen-bond acceptors (Lipinski definition) is 2. The molecule has 0 aliphatic heterocycles. The van der Waals surface area contributed by atoms with Crippen LogP contribution in [-0.2, 0) is 9.84 Å². The molecule has 0 bridgehead atoms. The van der Waals surface area contributed by atoms with Gasteiger partial charge in [0.25, 0.3) is 0 Å². The molecule has 0 heterocycles. The van der Waals surface area contributed by atoms with Crippen molar-refractivity contribution in [3.05, 3.63) is 52.5 Å². The van der Waals surface area contributed by atoms with Gasteiger partial charge in [0.15, 0.2) is 9.84 Å². The monoisotopic (exact) mass is 314 g/mol. The molecule has 0 radical (unpaired) electrons. The molecule has 5 heteroatoms. The third-order valence-electron chi connectivity index (χ3n) is 2.82. The number of rotatable bonds is 3. The van der Waals surface area contributed by atoms with E-state index in [-0.39, 0.29) is 10.6 Å². The Hall–Kier alpha value is -1.03. The minimum absolute atomic E-state index is 0.0182. The predicted octanol–water partition coefficient (Wildman–Crippen LogP) is 4.45. The molecule has 2 nitrogen and oxygen atoms in total. The normalized spacial score (nSPS) is 11.5. The van der Waals surface area contributed by atoms with Gasteiger partial charge in [-0.1, -0.05) is 60.5 Å². The molecule has 2 aromatic carbocycles. The first-order valence-corrected chi connectivity index (χ1v) is 8.13. The summed E-state index contributed by atoms with van der Waals surface area (Å²) in [5, 5.41) is 0.677. The summed E-state index contributed by atoms with van der Waals surface area (Å²) in [7, 11) is -3.31. The van der Waals surface area contributed by atoms with E-state index in [1.54, 1.807) is 6.92 Å². The topological polar surface area (TPSA) is 34.1 Å². The predicted molar refractivity (Wildman–Crippen MR) is 79.6 cm³/mol. The van der Waals surface area contributed by atoms with Crippen LogP contribution in [0, 0.1) is 0 Å². The highest BCUT2D eigenvalue weighted by atomic mass is 35.5. The minimum Gasteiger partial charge on any atom is -0.224 e. The van der Waals surface area contributed by atoms with Gasteiger partial charge < -0.3 is 0 Å². The molecule has 0 aliphatic rings. The Labute approximate surface area is 122 Å². The second kappa shape index (κ2) is 5.53. The Kier molecular flexibility index (Phi) is 4.19. The third kappa shape index (κ3) is 2.94. The van der Waals surface area contributed by atoms with E-state index in [1.165, 1.54) is 12.1 Å². The van der Waals surface area contributed by atoms with Gasteiger partial charge in [-0.15, -0.1) is 0 Å². The van der Waals surface area contributed by atoms with Crippen molar-refractivity contribution in [1.82, 2.24) is 0 Å². The molecule has 0 fully saturated rings. The highest BCUT2D eigenvalue weighted by Crippen LogP contribution is 2.36. The summed E-state index contributed by atoms with van der Waals surface area (Å²) in [5.74, 6) is 0.0182. The van der Waals surface area contributed by atoms with Gasteiger partial charge in [0.2, 0.25) is 0 Å². The van der Waals surface area contributed by atoms with Crippen molar-refractivity contribution < 1.29 is 8.42 Å². The van der Waals surface area contributed by atoms with Crippen LogP contribution in [0.2, 0.25) is 10.0 Å². The Morgan fingerprint density at radius 3 is 2.00 bits per heavy atom. The fraction of sp³-hybridized carbons (Fsp3) is 0.143. The van der Waals surface area contributed by atoms with E-state index in [1.807, 2.05) is 30.3 Å². The van der Waals surface area contributed by atoms with Crippen LogP contribution in [0.5, 0.6) is 0 Å². The van der Waals surface area contributed by atoms with Crippen LogP contribution in [-0.4, -0.2) is 14.2 Å². The number of hydrogen-bond donors (Lipinski definition) is 0. The summed E-state index contributed by atoms with van der Waals surface area (Å²) >= 11 is 12.4. The fourth-order valence-electron chi connectivity index (χ4n) is 1.78. The van der Waals surface area contributed by atoms with E-state index >= 15 is 0 Å². The van der Waals surface area contributed by atoms with Gasteiger partial charge >= 0.3 is 0 Å². The first-order chi connectivity index (χ1) is 8.95. The molecule has 0 N–H and O–H groups in total. The number of benzene rings is 2. The lowest BCUT2D eigenvalue weighted by Gasteiger charge is -2.10. The van der Waals surface area contributed by atoms with Crippen LogP contribution in [0.25, 0.3) is 11.1 Å². The molecular formula is C14H12Cl2O2S. The van der Waals surface area contributed by atoms with E-state index in [0.717, 1.165) is 5.56 Å². The van der Waals surface area contributed by atoms with Crippen molar-refractivity contribution >= 4 is 33.0 Å². The highest BCUT2D eigenvalue weighted by molar-refractivity contribution is 7.91. The van der Waals surface area contributed by atoms with Crippen LogP contribution in [0.15, 0.2) is 47.4 Å². The van der Waals surface area contributed by atoms with E-state index in [4.69, 9.17) is 23.2 Å². The Bertz CT molecular complexity index is 672. The summed E-state index contributed by atoms with van der Waals surface area (Å²) in [5.41, 5.74) is 1.51. The molecule has 0 aromatic heterocycles. The van der Waals surface area contributed by atoms with Crippen LogP contribution >= 0.6 is 23.2 Å². The second-order valence-corrected chi connectivity index (χ2v) is 7.12. The zero-order valence-corrected chi connectivity index (χ0v) is 12.6. The van der Waals surface area contributed by atoms with Crippen molar-refractivity contribution in [2.24, 2.45) is 0 Å². The van der Waals surface area contributed by atoms with Crippen LogP contribution < -0.4 is 0 Å². The standard InChI is InChI=1S/C14H12Cl2O2S/c1-2-19(17,18)11-8-12(15)14(13(16)9-11)10-6-4-3-5-7-10/h3-9H,2H2,1H3. The molecule has 100 valence electrons. The highest BCUT2D eigenvalue weighted by Gasteiger charge is 2.17. The molecule has 0 saturated heterocycles. The van der Waals surface area contributed by atoms with Crippen molar-refractivity contribution in [3.63, 3.8) is 0 Å². The first kappa shape index (κ1) is 14.4. The molecule has 0 atom stereocenters. The quantitative estimate of drug-likeness (QED) is 0.838. The van der Waals surface area contributed by atoms with Crippen molar-refractivity contribution in [3.8, 4) is 11.1 Å². The van der Waals surface area contributed by atoms with Crippen molar-refractivity contribution in [2.75, 3.05) is 5.75 Å².